The molecule has 0 saturated carbocycles. The van der Waals surface area contributed by atoms with Crippen LogP contribution in [0.1, 0.15) is 73.9 Å². The summed E-state index contributed by atoms with van der Waals surface area (Å²) in [5.74, 6) is 2.05. The van der Waals surface area contributed by atoms with Gasteiger partial charge in [-0.1, -0.05) is 19.4 Å². The summed E-state index contributed by atoms with van der Waals surface area (Å²) in [4.78, 5) is 27.7. The number of hydrogen-bond donors (Lipinski definition) is 1. The number of nitrogens with zero attached hydrogens (tertiary/aromatic N) is 1. The molecule has 0 amide bonds. The molecule has 40 heavy (non-hydrogen) atoms. The van der Waals surface area contributed by atoms with Crippen LogP contribution >= 0.6 is 0 Å². The van der Waals surface area contributed by atoms with Crippen molar-refractivity contribution in [2.45, 2.75) is 64.1 Å². The fraction of sp³-hybridized carbons (Fsp3) is 0.562. The van der Waals surface area contributed by atoms with E-state index in [1.165, 1.54) is 0 Å². The van der Waals surface area contributed by atoms with Gasteiger partial charge >= 0.3 is 0 Å². The molecule has 1 saturated heterocycles. The Morgan fingerprint density at radius 2 is 1.73 bits per heavy atom. The van der Waals surface area contributed by atoms with Gasteiger partial charge in [-0.3, -0.25) is 14.5 Å². The predicted molar refractivity (Wildman–Crippen MR) is 152 cm³/mol. The third-order valence-corrected chi connectivity index (χ3v) is 7.59. The molecule has 0 radical (unpaired) electrons. The van der Waals surface area contributed by atoms with E-state index in [-0.39, 0.29) is 23.6 Å². The number of unbranched alkanes of at least 4 members (excludes halogenated alkanes) is 2. The van der Waals surface area contributed by atoms with E-state index in [0.29, 0.717) is 56.1 Å². The molecule has 1 fully saturated rings. The molecule has 0 unspecified atom stereocenters. The lowest BCUT2D eigenvalue weighted by molar-refractivity contribution is -0.122. The van der Waals surface area contributed by atoms with Crippen molar-refractivity contribution in [3.05, 3.63) is 53.6 Å². The van der Waals surface area contributed by atoms with Crippen LogP contribution in [0.25, 0.3) is 0 Å². The Labute approximate surface area is 237 Å². The molecule has 0 bridgehead atoms. The van der Waals surface area contributed by atoms with E-state index in [2.05, 4.69) is 11.8 Å². The number of ether oxygens (including phenoxy) is 4. The molecule has 218 valence electrons. The predicted octanol–water partition coefficient (Wildman–Crippen LogP) is 5.02. The molecular weight excluding hydrogens is 510 g/mol. The van der Waals surface area contributed by atoms with Crippen molar-refractivity contribution in [3.8, 4) is 17.2 Å². The summed E-state index contributed by atoms with van der Waals surface area (Å²) in [6.45, 7) is 6.11. The maximum absolute atomic E-state index is 13.0. The SMILES string of the molecule is CCCOC1CN(C[C@@H](CC(=O)CCCCCC(=O)c2ccc(OC)cc2)[C@H](O)c2ccc3c(c2)OCCO3)C1. The average Bonchev–Trinajstić information content (AvgIpc) is 2.96. The number of fused-ring (bicyclic) bond motifs is 1. The lowest BCUT2D eigenvalue weighted by Crippen LogP contribution is -2.54. The summed E-state index contributed by atoms with van der Waals surface area (Å²) in [7, 11) is 1.60. The van der Waals surface area contributed by atoms with Gasteiger partial charge in [-0.2, -0.15) is 0 Å². The van der Waals surface area contributed by atoms with Gasteiger partial charge in [-0.15, -0.1) is 0 Å². The molecule has 2 atom stereocenters. The van der Waals surface area contributed by atoms with Gasteiger partial charge in [-0.05, 0) is 61.2 Å². The lowest BCUT2D eigenvalue weighted by atomic mass is 9.88. The molecular formula is C32H43NO7. The van der Waals surface area contributed by atoms with Crippen LogP contribution < -0.4 is 14.2 Å². The van der Waals surface area contributed by atoms with Crippen LogP contribution in [0.5, 0.6) is 17.2 Å². The van der Waals surface area contributed by atoms with Gasteiger partial charge in [0.2, 0.25) is 0 Å². The second-order valence-corrected chi connectivity index (χ2v) is 10.8. The van der Waals surface area contributed by atoms with Gasteiger partial charge in [0, 0.05) is 57.0 Å². The van der Waals surface area contributed by atoms with Crippen LogP contribution in [-0.2, 0) is 9.53 Å². The van der Waals surface area contributed by atoms with E-state index >= 15 is 0 Å². The normalized spacial score (nSPS) is 16.7. The first-order chi connectivity index (χ1) is 19.5. The number of methoxy groups -OCH3 is 1. The van der Waals surface area contributed by atoms with Crippen LogP contribution in [-0.4, -0.2) is 74.2 Å². The fourth-order valence-corrected chi connectivity index (χ4v) is 5.29. The molecule has 2 aromatic carbocycles. The van der Waals surface area contributed by atoms with E-state index in [0.717, 1.165) is 56.7 Å². The minimum atomic E-state index is -0.794. The molecule has 8 nitrogen and oxygen atoms in total. The van der Waals surface area contributed by atoms with Gasteiger partial charge < -0.3 is 24.1 Å². The third kappa shape index (κ3) is 8.53. The van der Waals surface area contributed by atoms with Crippen molar-refractivity contribution in [2.24, 2.45) is 5.92 Å². The zero-order chi connectivity index (χ0) is 28.3. The zero-order valence-corrected chi connectivity index (χ0v) is 23.8. The van der Waals surface area contributed by atoms with E-state index in [1.807, 2.05) is 18.2 Å². The molecule has 8 heteroatoms. The number of ketones is 2. The second-order valence-electron chi connectivity index (χ2n) is 10.8. The largest absolute Gasteiger partial charge is 0.497 e. The van der Waals surface area contributed by atoms with Crippen molar-refractivity contribution in [3.63, 3.8) is 0 Å². The summed E-state index contributed by atoms with van der Waals surface area (Å²) >= 11 is 0. The number of likely N-dealkylation sites (tertiary alicyclic amines) is 1. The monoisotopic (exact) mass is 553 g/mol. The number of aliphatic hydroxyl groups is 1. The van der Waals surface area contributed by atoms with Crippen molar-refractivity contribution in [1.82, 2.24) is 4.90 Å². The quantitative estimate of drug-likeness (QED) is 0.216. The van der Waals surface area contributed by atoms with E-state index < -0.39 is 6.10 Å². The van der Waals surface area contributed by atoms with Gasteiger partial charge in [0.15, 0.2) is 17.3 Å². The van der Waals surface area contributed by atoms with Crippen LogP contribution in [0.15, 0.2) is 42.5 Å². The number of aliphatic hydroxyl groups excluding tert-OH is 1. The molecule has 1 N–H and O–H groups in total. The second kappa shape index (κ2) is 15.2. The van der Waals surface area contributed by atoms with E-state index in [1.54, 1.807) is 31.4 Å². The Morgan fingerprint density at radius 1 is 1.00 bits per heavy atom. The number of benzene rings is 2. The zero-order valence-electron chi connectivity index (χ0n) is 23.8. The van der Waals surface area contributed by atoms with Crippen molar-refractivity contribution in [2.75, 3.05) is 46.6 Å². The minimum Gasteiger partial charge on any atom is -0.497 e. The number of carbonyl (C=O) groups excluding carboxylic acids is 2. The van der Waals surface area contributed by atoms with E-state index in [4.69, 9.17) is 18.9 Å². The molecule has 0 spiro atoms. The highest BCUT2D eigenvalue weighted by Gasteiger charge is 2.33. The van der Waals surface area contributed by atoms with Gasteiger partial charge in [0.05, 0.1) is 19.3 Å². The Balaban J connectivity index is 1.26. The highest BCUT2D eigenvalue weighted by atomic mass is 16.6. The van der Waals surface area contributed by atoms with Crippen LogP contribution in [0.3, 0.4) is 0 Å². The number of Topliss-reactive ketones (excluding diaryl/α,β-unsaturated/α-hetero) is 2. The first-order valence-electron chi connectivity index (χ1n) is 14.6. The van der Waals surface area contributed by atoms with Crippen molar-refractivity contribution in [1.29, 1.82) is 0 Å². The summed E-state index contributed by atoms with van der Waals surface area (Å²) in [5.41, 5.74) is 1.42. The minimum absolute atomic E-state index is 0.104. The molecule has 2 aliphatic heterocycles. The van der Waals surface area contributed by atoms with Crippen LogP contribution in [0.2, 0.25) is 0 Å². The Morgan fingerprint density at radius 3 is 2.45 bits per heavy atom. The third-order valence-electron chi connectivity index (χ3n) is 7.59. The molecule has 0 aromatic heterocycles. The fourth-order valence-electron chi connectivity index (χ4n) is 5.29. The summed E-state index contributed by atoms with van der Waals surface area (Å²) < 4.78 is 22.3. The van der Waals surface area contributed by atoms with Crippen LogP contribution in [0.4, 0.5) is 0 Å². The van der Waals surface area contributed by atoms with Gasteiger partial charge in [-0.25, -0.2) is 0 Å². The summed E-state index contributed by atoms with van der Waals surface area (Å²) in [6.07, 6.45) is 3.92. The molecule has 2 heterocycles. The smallest absolute Gasteiger partial charge is 0.162 e. The summed E-state index contributed by atoms with van der Waals surface area (Å²) in [6, 6.07) is 12.7. The number of hydrogen-bond acceptors (Lipinski definition) is 8. The summed E-state index contributed by atoms with van der Waals surface area (Å²) in [5, 5.41) is 11.4. The molecule has 2 aromatic rings. The van der Waals surface area contributed by atoms with Crippen LogP contribution in [0, 0.1) is 5.92 Å². The maximum Gasteiger partial charge on any atom is 0.162 e. The Hall–Kier alpha value is -2.94. The van der Waals surface area contributed by atoms with Gasteiger partial charge in [0.25, 0.3) is 0 Å². The van der Waals surface area contributed by atoms with Crippen molar-refractivity contribution < 1.29 is 33.6 Å². The van der Waals surface area contributed by atoms with Crippen molar-refractivity contribution >= 4 is 11.6 Å². The lowest BCUT2D eigenvalue weighted by Gasteiger charge is -2.41. The van der Waals surface area contributed by atoms with E-state index in [9.17, 15) is 14.7 Å². The first-order valence-corrected chi connectivity index (χ1v) is 14.6. The molecule has 2 aliphatic rings. The van der Waals surface area contributed by atoms with Gasteiger partial charge in [0.1, 0.15) is 24.7 Å². The highest BCUT2D eigenvalue weighted by Crippen LogP contribution is 2.36. The first kappa shape index (κ1) is 30.0. The number of carbonyl (C=O) groups is 2. The maximum atomic E-state index is 13.0. The topological polar surface area (TPSA) is 94.5 Å². The highest BCUT2D eigenvalue weighted by molar-refractivity contribution is 5.96. The standard InChI is InChI=1S/C32H43NO7/c1-3-15-38-28-21-33(22-28)20-25(32(36)24-11-14-30-31(19-24)40-17-16-39-30)18-26(34)7-5-4-6-8-29(35)23-9-12-27(37-2)13-10-23/h9-14,19,25,28,32,36H,3-8,15-18,20-22H2,1-2H3/t25-,32-/m1/s1. The molecule has 4 rings (SSSR count). The number of rotatable bonds is 17. The average molecular weight is 554 g/mol. The Bertz CT molecular complexity index is 1100. The Kier molecular flexibility index (Phi) is 11.4. The molecule has 0 aliphatic carbocycles.